The lowest BCUT2D eigenvalue weighted by Gasteiger charge is -2.30. The molecular formula is C7H14N2O3. The fourth-order valence-corrected chi connectivity index (χ4v) is 1.46. The van der Waals surface area contributed by atoms with E-state index in [2.05, 4.69) is 10.6 Å². The molecule has 4 N–H and O–H groups in total. The van der Waals surface area contributed by atoms with Crippen molar-refractivity contribution in [3.8, 4) is 0 Å². The van der Waals surface area contributed by atoms with Gasteiger partial charge in [-0.3, -0.25) is 0 Å². The Bertz CT molecular complexity index is 163. The van der Waals surface area contributed by atoms with Gasteiger partial charge in [0, 0.05) is 25.1 Å². The van der Waals surface area contributed by atoms with Gasteiger partial charge < -0.3 is 20.8 Å². The van der Waals surface area contributed by atoms with Crippen LogP contribution in [0.15, 0.2) is 0 Å². The Morgan fingerprint density at radius 1 is 1.67 bits per heavy atom. The molecule has 0 aromatic heterocycles. The van der Waals surface area contributed by atoms with Gasteiger partial charge in [-0.15, -0.1) is 0 Å². The molecule has 0 saturated carbocycles. The molecule has 1 rings (SSSR count). The fourth-order valence-electron chi connectivity index (χ4n) is 1.46. The number of aliphatic hydroxyl groups excluding tert-OH is 1. The third kappa shape index (κ3) is 2.35. The molecule has 1 saturated heterocycles. The van der Waals surface area contributed by atoms with E-state index in [9.17, 15) is 4.79 Å². The monoisotopic (exact) mass is 174 g/mol. The summed E-state index contributed by atoms with van der Waals surface area (Å²) in [5.74, 6) is 0.00912. The first-order valence-electron chi connectivity index (χ1n) is 4.05. The maximum atomic E-state index is 10.3. The van der Waals surface area contributed by atoms with Crippen LogP contribution < -0.4 is 10.6 Å². The minimum absolute atomic E-state index is 0.00912. The molecule has 12 heavy (non-hydrogen) atoms. The van der Waals surface area contributed by atoms with Gasteiger partial charge in [0.15, 0.2) is 0 Å². The molecule has 2 atom stereocenters. The van der Waals surface area contributed by atoms with Crippen LogP contribution in [0, 0.1) is 5.92 Å². The molecule has 5 heteroatoms. The lowest BCUT2D eigenvalue weighted by molar-refractivity contribution is 0.148. The zero-order valence-electron chi connectivity index (χ0n) is 6.79. The summed E-state index contributed by atoms with van der Waals surface area (Å²) in [6, 6.07) is -0.103. The minimum atomic E-state index is -1.01. The number of amides is 1. The van der Waals surface area contributed by atoms with Crippen LogP contribution >= 0.6 is 0 Å². The third-order valence-corrected chi connectivity index (χ3v) is 2.15. The summed E-state index contributed by atoms with van der Waals surface area (Å²) in [6.07, 6.45) is -0.266. The summed E-state index contributed by atoms with van der Waals surface area (Å²) < 4.78 is 0. The second-order valence-corrected chi connectivity index (χ2v) is 2.99. The number of hydrogen-bond acceptors (Lipinski definition) is 3. The van der Waals surface area contributed by atoms with Crippen molar-refractivity contribution in [1.29, 1.82) is 0 Å². The van der Waals surface area contributed by atoms with Crippen LogP contribution in [0.1, 0.15) is 6.42 Å². The van der Waals surface area contributed by atoms with Gasteiger partial charge in [-0.05, 0) is 13.0 Å². The van der Waals surface area contributed by atoms with E-state index in [1.807, 2.05) is 0 Å². The zero-order chi connectivity index (χ0) is 8.97. The molecule has 1 amide bonds. The van der Waals surface area contributed by atoms with Crippen molar-refractivity contribution in [2.45, 2.75) is 12.5 Å². The molecule has 1 fully saturated rings. The smallest absolute Gasteiger partial charge is 0.404 e. The summed E-state index contributed by atoms with van der Waals surface area (Å²) in [5.41, 5.74) is 0. The number of piperidine rings is 1. The van der Waals surface area contributed by atoms with Gasteiger partial charge in [0.2, 0.25) is 0 Å². The molecule has 0 spiro atoms. The highest BCUT2D eigenvalue weighted by molar-refractivity contribution is 5.64. The van der Waals surface area contributed by atoms with E-state index < -0.39 is 6.09 Å². The van der Waals surface area contributed by atoms with Crippen molar-refractivity contribution < 1.29 is 15.0 Å². The van der Waals surface area contributed by atoms with Crippen molar-refractivity contribution in [3.05, 3.63) is 0 Å². The summed E-state index contributed by atoms with van der Waals surface area (Å²) in [7, 11) is 0. The maximum absolute atomic E-state index is 10.3. The highest BCUT2D eigenvalue weighted by Gasteiger charge is 2.25. The van der Waals surface area contributed by atoms with Crippen LogP contribution in [0.4, 0.5) is 4.79 Å². The average Bonchev–Trinajstić information content (AvgIpc) is 2.04. The molecule has 5 nitrogen and oxygen atoms in total. The van der Waals surface area contributed by atoms with Gasteiger partial charge in [0.25, 0.3) is 0 Å². The van der Waals surface area contributed by atoms with E-state index in [1.165, 1.54) is 0 Å². The Morgan fingerprint density at radius 3 is 3.00 bits per heavy atom. The van der Waals surface area contributed by atoms with E-state index in [-0.39, 0.29) is 18.6 Å². The Hall–Kier alpha value is -0.810. The Kier molecular flexibility index (Phi) is 3.31. The molecule has 0 aromatic rings. The van der Waals surface area contributed by atoms with Crippen LogP contribution in [0.25, 0.3) is 0 Å². The van der Waals surface area contributed by atoms with Gasteiger partial charge in [-0.1, -0.05) is 0 Å². The maximum Gasteiger partial charge on any atom is 0.404 e. The topological polar surface area (TPSA) is 81.6 Å². The molecule has 1 aliphatic heterocycles. The van der Waals surface area contributed by atoms with Gasteiger partial charge in [-0.25, -0.2) is 4.79 Å². The SMILES string of the molecule is O=C(O)NC1CCNCC1CO. The molecule has 0 aromatic carbocycles. The Morgan fingerprint density at radius 2 is 2.42 bits per heavy atom. The number of rotatable bonds is 2. The van der Waals surface area contributed by atoms with Crippen LogP contribution in [0.2, 0.25) is 0 Å². The Balaban J connectivity index is 2.41. The first kappa shape index (κ1) is 9.28. The Labute approximate surface area is 70.8 Å². The number of carboxylic acid groups (broad SMARTS) is 1. The first-order chi connectivity index (χ1) is 5.74. The second kappa shape index (κ2) is 4.27. The standard InChI is InChI=1S/C7H14N2O3/c10-4-5-3-8-2-1-6(5)9-7(11)12/h5-6,8-10H,1-4H2,(H,11,12). The van der Waals surface area contributed by atoms with Crippen LogP contribution in [-0.4, -0.2) is 42.0 Å². The van der Waals surface area contributed by atoms with E-state index in [0.29, 0.717) is 6.54 Å². The number of carbonyl (C=O) groups is 1. The van der Waals surface area contributed by atoms with Crippen LogP contribution in [-0.2, 0) is 0 Å². The lowest BCUT2D eigenvalue weighted by atomic mass is 9.94. The van der Waals surface area contributed by atoms with Gasteiger partial charge >= 0.3 is 6.09 Å². The minimum Gasteiger partial charge on any atom is -0.465 e. The summed E-state index contributed by atoms with van der Waals surface area (Å²) in [4.78, 5) is 10.3. The normalized spacial score (nSPS) is 29.8. The van der Waals surface area contributed by atoms with Crippen LogP contribution in [0.3, 0.4) is 0 Å². The van der Waals surface area contributed by atoms with E-state index >= 15 is 0 Å². The number of aliphatic hydroxyl groups is 1. The third-order valence-electron chi connectivity index (χ3n) is 2.15. The molecular weight excluding hydrogens is 160 g/mol. The molecule has 2 unspecified atom stereocenters. The van der Waals surface area contributed by atoms with Crippen molar-refractivity contribution in [1.82, 2.24) is 10.6 Å². The van der Waals surface area contributed by atoms with Crippen molar-refractivity contribution in [3.63, 3.8) is 0 Å². The highest BCUT2D eigenvalue weighted by atomic mass is 16.4. The largest absolute Gasteiger partial charge is 0.465 e. The molecule has 70 valence electrons. The van der Waals surface area contributed by atoms with Crippen molar-refractivity contribution >= 4 is 6.09 Å². The predicted molar refractivity (Wildman–Crippen MR) is 43.0 cm³/mol. The average molecular weight is 174 g/mol. The second-order valence-electron chi connectivity index (χ2n) is 2.99. The fraction of sp³-hybridized carbons (Fsp3) is 0.857. The van der Waals surface area contributed by atoms with Gasteiger partial charge in [0.1, 0.15) is 0 Å². The molecule has 1 aliphatic rings. The number of hydrogen-bond donors (Lipinski definition) is 4. The van der Waals surface area contributed by atoms with Crippen LogP contribution in [0.5, 0.6) is 0 Å². The van der Waals surface area contributed by atoms with Crippen molar-refractivity contribution in [2.24, 2.45) is 5.92 Å². The lowest BCUT2D eigenvalue weighted by Crippen LogP contribution is -2.50. The quantitative estimate of drug-likeness (QED) is 0.443. The highest BCUT2D eigenvalue weighted by Crippen LogP contribution is 2.10. The van der Waals surface area contributed by atoms with Crippen molar-refractivity contribution in [2.75, 3.05) is 19.7 Å². The van der Waals surface area contributed by atoms with Gasteiger partial charge in [0.05, 0.1) is 0 Å². The number of nitrogens with one attached hydrogen (secondary N) is 2. The molecule has 1 heterocycles. The summed E-state index contributed by atoms with van der Waals surface area (Å²) >= 11 is 0. The summed E-state index contributed by atoms with van der Waals surface area (Å²) in [6.45, 7) is 1.51. The molecule has 0 radical (unpaired) electrons. The van der Waals surface area contributed by atoms with E-state index in [4.69, 9.17) is 10.2 Å². The van der Waals surface area contributed by atoms with E-state index in [1.54, 1.807) is 0 Å². The first-order valence-corrected chi connectivity index (χ1v) is 4.05. The van der Waals surface area contributed by atoms with Gasteiger partial charge in [-0.2, -0.15) is 0 Å². The summed E-state index contributed by atoms with van der Waals surface area (Å²) in [5, 5.41) is 22.9. The van der Waals surface area contributed by atoms with E-state index in [0.717, 1.165) is 13.0 Å². The predicted octanol–water partition coefficient (Wildman–Crippen LogP) is -0.776. The zero-order valence-corrected chi connectivity index (χ0v) is 6.79. The molecule has 0 aliphatic carbocycles. The molecule has 0 bridgehead atoms.